The van der Waals surface area contributed by atoms with Crippen LogP contribution in [0, 0.1) is 5.92 Å². The highest BCUT2D eigenvalue weighted by Crippen LogP contribution is 2.23. The van der Waals surface area contributed by atoms with Crippen molar-refractivity contribution in [1.29, 1.82) is 0 Å². The van der Waals surface area contributed by atoms with Crippen molar-refractivity contribution in [1.82, 2.24) is 8.87 Å². The van der Waals surface area contributed by atoms with Crippen LogP contribution in [0.25, 0.3) is 10.2 Å². The van der Waals surface area contributed by atoms with E-state index in [0.717, 1.165) is 10.2 Å². The molecule has 1 unspecified atom stereocenters. The number of halogens is 1. The lowest BCUT2D eigenvalue weighted by atomic mass is 9.99. The number of hydrogen-bond donors (Lipinski definition) is 0. The van der Waals surface area contributed by atoms with E-state index in [1.807, 2.05) is 29.7 Å². The van der Waals surface area contributed by atoms with Gasteiger partial charge in [-0.25, -0.2) is 12.7 Å². The molecule has 0 spiro atoms. The first-order chi connectivity index (χ1) is 13.3. The Kier molecular flexibility index (Phi) is 6.93. The van der Waals surface area contributed by atoms with Gasteiger partial charge in [-0.05, 0) is 38.0 Å². The number of carbonyl (C=O) groups excluding carboxylic acids is 1. The van der Waals surface area contributed by atoms with Crippen molar-refractivity contribution < 1.29 is 17.9 Å². The number of aromatic nitrogens is 1. The van der Waals surface area contributed by atoms with Crippen LogP contribution in [0.1, 0.15) is 19.8 Å². The Balaban J connectivity index is 1.93. The molecule has 1 aromatic heterocycles. The summed E-state index contributed by atoms with van der Waals surface area (Å²) in [6.07, 6.45) is 2.48. The maximum Gasteiger partial charge on any atom is 0.252 e. The van der Waals surface area contributed by atoms with E-state index < -0.39 is 15.9 Å². The summed E-state index contributed by atoms with van der Waals surface area (Å²) in [4.78, 5) is 17.8. The fraction of sp³-hybridized carbons (Fsp3) is 0.556. The molecule has 0 N–H and O–H groups in total. The Bertz CT molecular complexity index is 1030. The van der Waals surface area contributed by atoms with Crippen molar-refractivity contribution in [3.05, 3.63) is 28.0 Å². The summed E-state index contributed by atoms with van der Waals surface area (Å²) in [5.41, 5.74) is 0.946. The lowest BCUT2D eigenvalue weighted by Crippen LogP contribution is -2.41. The minimum absolute atomic E-state index is 0.191. The van der Waals surface area contributed by atoms with Gasteiger partial charge < -0.3 is 9.30 Å². The minimum atomic E-state index is -3.31. The number of rotatable bonds is 6. The summed E-state index contributed by atoms with van der Waals surface area (Å²) in [7, 11) is -3.31. The topological polar surface area (TPSA) is 81.0 Å². The molecule has 1 aliphatic heterocycles. The first kappa shape index (κ1) is 21.4. The Morgan fingerprint density at radius 2 is 2.21 bits per heavy atom. The van der Waals surface area contributed by atoms with Crippen LogP contribution in [0.5, 0.6) is 0 Å². The molecule has 7 nitrogen and oxygen atoms in total. The fourth-order valence-corrected chi connectivity index (χ4v) is 5.53. The average Bonchev–Trinajstić information content (AvgIpc) is 2.97. The van der Waals surface area contributed by atoms with Gasteiger partial charge in [-0.15, -0.1) is 0 Å². The van der Waals surface area contributed by atoms with Gasteiger partial charge in [0.15, 0.2) is 4.80 Å². The molecule has 1 amide bonds. The third-order valence-electron chi connectivity index (χ3n) is 4.72. The predicted octanol–water partition coefficient (Wildman–Crippen LogP) is 2.49. The normalized spacial score (nSPS) is 19.4. The highest BCUT2D eigenvalue weighted by molar-refractivity contribution is 7.88. The van der Waals surface area contributed by atoms with Gasteiger partial charge in [-0.2, -0.15) is 4.99 Å². The van der Waals surface area contributed by atoms with E-state index in [9.17, 15) is 13.2 Å². The lowest BCUT2D eigenvalue weighted by molar-refractivity contribution is -0.122. The molecule has 3 rings (SSSR count). The first-order valence-corrected chi connectivity index (χ1v) is 12.2. The number of piperidine rings is 1. The van der Waals surface area contributed by atoms with Crippen LogP contribution in [0.15, 0.2) is 23.2 Å². The molecule has 0 saturated carbocycles. The molecular formula is C18H24ClN3O4S2. The number of ether oxygens (including phenoxy) is 1. The maximum atomic E-state index is 12.8. The van der Waals surface area contributed by atoms with Crippen LogP contribution in [0.4, 0.5) is 0 Å². The van der Waals surface area contributed by atoms with Gasteiger partial charge in [0.2, 0.25) is 10.0 Å². The summed E-state index contributed by atoms with van der Waals surface area (Å²) >= 11 is 7.50. The van der Waals surface area contributed by atoms with Crippen molar-refractivity contribution in [2.75, 3.05) is 32.6 Å². The molecular weight excluding hydrogens is 422 g/mol. The monoisotopic (exact) mass is 445 g/mol. The molecule has 1 aromatic carbocycles. The summed E-state index contributed by atoms with van der Waals surface area (Å²) in [5, 5.41) is 0.625. The third-order valence-corrected chi connectivity index (χ3v) is 7.26. The predicted molar refractivity (Wildman–Crippen MR) is 111 cm³/mol. The van der Waals surface area contributed by atoms with E-state index in [4.69, 9.17) is 16.3 Å². The molecule has 28 heavy (non-hydrogen) atoms. The molecule has 1 atom stereocenters. The molecule has 154 valence electrons. The Hall–Kier alpha value is -1.26. The molecule has 0 radical (unpaired) electrons. The van der Waals surface area contributed by atoms with Gasteiger partial charge in [0.1, 0.15) is 0 Å². The zero-order valence-corrected chi connectivity index (χ0v) is 18.3. The second-order valence-corrected chi connectivity index (χ2v) is 10.2. The molecule has 2 heterocycles. The van der Waals surface area contributed by atoms with Crippen molar-refractivity contribution in [3.8, 4) is 0 Å². The van der Waals surface area contributed by atoms with Crippen molar-refractivity contribution >= 4 is 49.1 Å². The van der Waals surface area contributed by atoms with Crippen molar-refractivity contribution in [2.45, 2.75) is 26.3 Å². The summed E-state index contributed by atoms with van der Waals surface area (Å²) in [6, 6.07) is 5.58. The van der Waals surface area contributed by atoms with Gasteiger partial charge in [0.05, 0.1) is 29.0 Å². The van der Waals surface area contributed by atoms with Gasteiger partial charge >= 0.3 is 0 Å². The SMILES string of the molecule is CCOCCn1c(=NC(=O)C2CCCN(S(C)(=O)=O)C2)sc2cc(Cl)ccc21. The molecule has 1 fully saturated rings. The number of benzene rings is 1. The van der Waals surface area contributed by atoms with Crippen LogP contribution in [-0.4, -0.2) is 55.8 Å². The molecule has 1 aliphatic rings. The quantitative estimate of drug-likeness (QED) is 0.640. The number of amides is 1. The Labute approximate surface area is 173 Å². The van der Waals surface area contributed by atoms with Gasteiger partial charge in [0, 0.05) is 31.3 Å². The highest BCUT2D eigenvalue weighted by atomic mass is 35.5. The summed E-state index contributed by atoms with van der Waals surface area (Å²) in [5.74, 6) is -0.700. The molecule has 2 aromatic rings. The largest absolute Gasteiger partial charge is 0.380 e. The van der Waals surface area contributed by atoms with Crippen molar-refractivity contribution in [3.63, 3.8) is 0 Å². The van der Waals surface area contributed by atoms with Gasteiger partial charge in [0.25, 0.3) is 5.91 Å². The van der Waals surface area contributed by atoms with Gasteiger partial charge in [-0.1, -0.05) is 22.9 Å². The van der Waals surface area contributed by atoms with E-state index >= 15 is 0 Å². The number of hydrogen-bond acceptors (Lipinski definition) is 5. The average molecular weight is 446 g/mol. The molecule has 0 aliphatic carbocycles. The number of thiazole rings is 1. The highest BCUT2D eigenvalue weighted by Gasteiger charge is 2.30. The summed E-state index contributed by atoms with van der Waals surface area (Å²) < 4.78 is 33.4. The van der Waals surface area contributed by atoms with Crippen LogP contribution in [0.3, 0.4) is 0 Å². The van der Waals surface area contributed by atoms with Crippen LogP contribution < -0.4 is 4.80 Å². The minimum Gasteiger partial charge on any atom is -0.380 e. The third kappa shape index (κ3) is 5.01. The molecule has 0 bridgehead atoms. The van der Waals surface area contributed by atoms with Crippen molar-refractivity contribution in [2.24, 2.45) is 10.9 Å². The van der Waals surface area contributed by atoms with Gasteiger partial charge in [-0.3, -0.25) is 4.79 Å². The summed E-state index contributed by atoms with van der Waals surface area (Å²) in [6.45, 7) is 4.28. The van der Waals surface area contributed by atoms with E-state index in [-0.39, 0.29) is 12.5 Å². The standard InChI is InChI=1S/C18H24ClN3O4S2/c1-3-26-10-9-22-15-7-6-14(19)11-16(15)27-18(22)20-17(23)13-5-4-8-21(12-13)28(2,24)25/h6-7,11,13H,3-5,8-10,12H2,1-2H3. The number of nitrogens with zero attached hydrogens (tertiary/aromatic N) is 3. The van der Waals surface area contributed by atoms with Crippen LogP contribution in [-0.2, 0) is 26.1 Å². The van der Waals surface area contributed by atoms with E-state index in [2.05, 4.69) is 4.99 Å². The second kappa shape index (κ2) is 9.04. The van der Waals surface area contributed by atoms with E-state index in [1.165, 1.54) is 21.9 Å². The van der Waals surface area contributed by atoms with Crippen LogP contribution in [0.2, 0.25) is 5.02 Å². The fourth-order valence-electron chi connectivity index (χ4n) is 3.28. The zero-order chi connectivity index (χ0) is 20.3. The smallest absolute Gasteiger partial charge is 0.252 e. The second-order valence-electron chi connectivity index (χ2n) is 6.76. The lowest BCUT2D eigenvalue weighted by Gasteiger charge is -2.28. The molecule has 10 heteroatoms. The zero-order valence-electron chi connectivity index (χ0n) is 15.9. The first-order valence-electron chi connectivity index (χ1n) is 9.20. The number of sulfonamides is 1. The Morgan fingerprint density at radius 1 is 1.43 bits per heavy atom. The van der Waals surface area contributed by atoms with E-state index in [0.29, 0.717) is 49.0 Å². The molecule has 1 saturated heterocycles. The van der Waals surface area contributed by atoms with E-state index in [1.54, 1.807) is 0 Å². The Morgan fingerprint density at radius 3 is 2.93 bits per heavy atom. The number of carbonyl (C=O) groups is 1. The maximum absolute atomic E-state index is 12.8. The number of fused-ring (bicyclic) bond motifs is 1. The van der Waals surface area contributed by atoms with Crippen LogP contribution >= 0.6 is 22.9 Å².